The number of anilines is 1. The van der Waals surface area contributed by atoms with Gasteiger partial charge >= 0.3 is 0 Å². The number of nitrogens with one attached hydrogen (secondary N) is 1. The maximum atomic E-state index is 12.3. The van der Waals surface area contributed by atoms with Gasteiger partial charge in [0.05, 0.1) is 10.7 Å². The van der Waals surface area contributed by atoms with Crippen LogP contribution in [0.15, 0.2) is 24.3 Å². The van der Waals surface area contributed by atoms with Crippen molar-refractivity contribution in [3.63, 3.8) is 0 Å². The number of carbonyl (C=O) groups excluding carboxylic acids is 1. The fourth-order valence-electron chi connectivity index (χ4n) is 3.87. The van der Waals surface area contributed by atoms with Gasteiger partial charge in [-0.15, -0.1) is 24.8 Å². The molecule has 1 saturated heterocycles. The van der Waals surface area contributed by atoms with E-state index in [2.05, 4.69) is 10.2 Å². The third-order valence-corrected chi connectivity index (χ3v) is 5.46. The molecule has 3 N–H and O–H groups in total. The van der Waals surface area contributed by atoms with Crippen LogP contribution in [0.1, 0.15) is 38.5 Å². The molecular formula is C18H28Cl3N3O. The van der Waals surface area contributed by atoms with Gasteiger partial charge in [-0.2, -0.15) is 0 Å². The van der Waals surface area contributed by atoms with Gasteiger partial charge in [0.15, 0.2) is 0 Å². The first-order valence-corrected chi connectivity index (χ1v) is 9.05. The Morgan fingerprint density at radius 1 is 1.20 bits per heavy atom. The van der Waals surface area contributed by atoms with Crippen LogP contribution in [0, 0.1) is 5.92 Å². The minimum absolute atomic E-state index is 0. The van der Waals surface area contributed by atoms with Crippen LogP contribution in [0.4, 0.5) is 5.69 Å². The molecule has 1 amide bonds. The average molecular weight is 409 g/mol. The summed E-state index contributed by atoms with van der Waals surface area (Å²) in [5.74, 6) is 0.511. The highest BCUT2D eigenvalue weighted by Crippen LogP contribution is 2.29. The third kappa shape index (κ3) is 5.92. The van der Waals surface area contributed by atoms with E-state index in [1.807, 2.05) is 24.3 Å². The number of hydrogen-bond donors (Lipinski definition) is 2. The standard InChI is InChI=1S/C18H26ClN3O.2ClH/c19-15-7-1-2-9-17(15)22-10-4-6-14(12-22)21-18(23)11-13-5-3-8-16(13)20;;/h1-2,7,9,13-14,16H,3-6,8,10-12,20H2,(H,21,23);2*1H/t13-,14?,16+;;/m0../s1. The van der Waals surface area contributed by atoms with Crippen LogP contribution < -0.4 is 16.0 Å². The number of amides is 1. The second kappa shape index (κ2) is 10.5. The summed E-state index contributed by atoms with van der Waals surface area (Å²) in [5, 5.41) is 3.98. The molecular weight excluding hydrogens is 381 g/mol. The predicted octanol–water partition coefficient (Wildman–Crippen LogP) is 3.79. The van der Waals surface area contributed by atoms with Crippen molar-refractivity contribution in [3.8, 4) is 0 Å². The average Bonchev–Trinajstić information content (AvgIpc) is 2.93. The van der Waals surface area contributed by atoms with E-state index in [1.165, 1.54) is 0 Å². The molecule has 1 saturated carbocycles. The van der Waals surface area contributed by atoms with E-state index in [9.17, 15) is 4.79 Å². The minimum Gasteiger partial charge on any atom is -0.368 e. The highest BCUT2D eigenvalue weighted by Gasteiger charge is 2.28. The molecule has 0 aromatic heterocycles. The van der Waals surface area contributed by atoms with Gasteiger partial charge in [-0.05, 0) is 43.7 Å². The number of halogens is 3. The van der Waals surface area contributed by atoms with Crippen LogP contribution in [0.25, 0.3) is 0 Å². The van der Waals surface area contributed by atoms with Crippen molar-refractivity contribution in [2.45, 2.75) is 50.6 Å². The van der Waals surface area contributed by atoms with Gasteiger partial charge in [0.1, 0.15) is 0 Å². The van der Waals surface area contributed by atoms with Gasteiger partial charge < -0.3 is 16.0 Å². The van der Waals surface area contributed by atoms with Gasteiger partial charge in [-0.1, -0.05) is 30.2 Å². The van der Waals surface area contributed by atoms with Crippen molar-refractivity contribution in [2.24, 2.45) is 11.7 Å². The van der Waals surface area contributed by atoms with Crippen LogP contribution in [0.3, 0.4) is 0 Å². The Morgan fingerprint density at radius 3 is 2.64 bits per heavy atom. The second-order valence-electron chi connectivity index (χ2n) is 6.86. The number of para-hydroxylation sites is 1. The van der Waals surface area contributed by atoms with E-state index in [0.29, 0.717) is 12.3 Å². The molecule has 0 spiro atoms. The summed E-state index contributed by atoms with van der Waals surface area (Å²) >= 11 is 6.30. The van der Waals surface area contributed by atoms with Crippen molar-refractivity contribution in [1.82, 2.24) is 5.32 Å². The third-order valence-electron chi connectivity index (χ3n) is 5.15. The maximum absolute atomic E-state index is 12.3. The van der Waals surface area contributed by atoms with Gasteiger partial charge in [-0.25, -0.2) is 0 Å². The molecule has 1 aromatic rings. The molecule has 0 bridgehead atoms. The Bertz CT molecular complexity index is 558. The number of rotatable bonds is 4. The lowest BCUT2D eigenvalue weighted by atomic mass is 9.99. The van der Waals surface area contributed by atoms with Crippen LogP contribution in [-0.2, 0) is 4.79 Å². The molecule has 2 aliphatic rings. The van der Waals surface area contributed by atoms with E-state index < -0.39 is 0 Å². The largest absolute Gasteiger partial charge is 0.368 e. The van der Waals surface area contributed by atoms with Crippen LogP contribution in [0.5, 0.6) is 0 Å². The Balaban J connectivity index is 0.00000156. The van der Waals surface area contributed by atoms with Gasteiger partial charge in [0, 0.05) is 31.6 Å². The quantitative estimate of drug-likeness (QED) is 0.797. The zero-order valence-electron chi connectivity index (χ0n) is 14.3. The molecule has 3 atom stereocenters. The lowest BCUT2D eigenvalue weighted by molar-refractivity contribution is -0.122. The van der Waals surface area contributed by atoms with Gasteiger partial charge in [0.25, 0.3) is 0 Å². The molecule has 1 aromatic carbocycles. The Kier molecular flexibility index (Phi) is 9.36. The summed E-state index contributed by atoms with van der Waals surface area (Å²) < 4.78 is 0. The van der Waals surface area contributed by atoms with Crippen LogP contribution in [0.2, 0.25) is 5.02 Å². The molecule has 2 fully saturated rings. The first-order chi connectivity index (χ1) is 11.1. The van der Waals surface area contributed by atoms with E-state index in [4.69, 9.17) is 17.3 Å². The molecule has 3 rings (SSSR count). The normalized spacial score (nSPS) is 25.7. The summed E-state index contributed by atoms with van der Waals surface area (Å²) in [7, 11) is 0. The fourth-order valence-corrected chi connectivity index (χ4v) is 4.12. The fraction of sp³-hybridized carbons (Fsp3) is 0.611. The van der Waals surface area contributed by atoms with E-state index in [0.717, 1.165) is 55.9 Å². The van der Waals surface area contributed by atoms with Gasteiger partial charge in [0.2, 0.25) is 5.91 Å². The van der Waals surface area contributed by atoms with E-state index in [1.54, 1.807) is 0 Å². The summed E-state index contributed by atoms with van der Waals surface area (Å²) in [6, 6.07) is 8.31. The molecule has 1 aliphatic carbocycles. The lowest BCUT2D eigenvalue weighted by Gasteiger charge is -2.35. The molecule has 1 unspecified atom stereocenters. The number of nitrogens with zero attached hydrogens (tertiary/aromatic N) is 1. The molecule has 142 valence electrons. The lowest BCUT2D eigenvalue weighted by Crippen LogP contribution is -2.48. The molecule has 7 heteroatoms. The van der Waals surface area contributed by atoms with E-state index in [-0.39, 0.29) is 42.8 Å². The van der Waals surface area contributed by atoms with Crippen molar-refractivity contribution < 1.29 is 4.79 Å². The SMILES string of the molecule is Cl.Cl.N[C@@H]1CCC[C@H]1CC(=O)NC1CCCN(c2ccccc2Cl)C1. The Labute approximate surface area is 167 Å². The molecule has 0 radical (unpaired) electrons. The maximum Gasteiger partial charge on any atom is 0.220 e. The molecule has 4 nitrogen and oxygen atoms in total. The number of hydrogen-bond acceptors (Lipinski definition) is 3. The first kappa shape index (κ1) is 22.4. The Morgan fingerprint density at radius 2 is 1.96 bits per heavy atom. The zero-order chi connectivity index (χ0) is 16.2. The van der Waals surface area contributed by atoms with Crippen LogP contribution in [-0.4, -0.2) is 31.1 Å². The van der Waals surface area contributed by atoms with Crippen molar-refractivity contribution in [3.05, 3.63) is 29.3 Å². The van der Waals surface area contributed by atoms with E-state index >= 15 is 0 Å². The Hall–Kier alpha value is -0.680. The second-order valence-corrected chi connectivity index (χ2v) is 7.27. The molecule has 25 heavy (non-hydrogen) atoms. The van der Waals surface area contributed by atoms with Crippen molar-refractivity contribution in [2.75, 3.05) is 18.0 Å². The van der Waals surface area contributed by atoms with Gasteiger partial charge in [-0.3, -0.25) is 4.79 Å². The molecule has 1 aliphatic heterocycles. The smallest absolute Gasteiger partial charge is 0.220 e. The predicted molar refractivity (Wildman–Crippen MR) is 109 cm³/mol. The highest BCUT2D eigenvalue weighted by atomic mass is 35.5. The van der Waals surface area contributed by atoms with Crippen LogP contribution >= 0.6 is 36.4 Å². The topological polar surface area (TPSA) is 58.4 Å². The summed E-state index contributed by atoms with van der Waals surface area (Å²) in [6.45, 7) is 1.82. The van der Waals surface area contributed by atoms with Crippen molar-refractivity contribution in [1.29, 1.82) is 0 Å². The summed E-state index contributed by atoms with van der Waals surface area (Å²) in [6.07, 6.45) is 5.97. The zero-order valence-corrected chi connectivity index (χ0v) is 16.7. The monoisotopic (exact) mass is 407 g/mol. The number of piperidine rings is 1. The molecule has 1 heterocycles. The highest BCUT2D eigenvalue weighted by molar-refractivity contribution is 6.33. The summed E-state index contributed by atoms with van der Waals surface area (Å²) in [4.78, 5) is 14.6. The summed E-state index contributed by atoms with van der Waals surface area (Å²) in [5.41, 5.74) is 7.13. The first-order valence-electron chi connectivity index (χ1n) is 8.68. The number of carbonyl (C=O) groups is 1. The number of benzene rings is 1. The van der Waals surface area contributed by atoms with Crippen molar-refractivity contribution >= 4 is 48.0 Å². The number of nitrogens with two attached hydrogens (primary N) is 1. The minimum atomic E-state index is 0.